The van der Waals surface area contributed by atoms with Crippen LogP contribution in [0.4, 0.5) is 0 Å². The highest BCUT2D eigenvalue weighted by Gasteiger charge is 2.20. The van der Waals surface area contributed by atoms with Crippen LogP contribution in [0.15, 0.2) is 84.1 Å². The molecule has 1 fully saturated rings. The number of hydrogen-bond acceptors (Lipinski definition) is 5. The summed E-state index contributed by atoms with van der Waals surface area (Å²) in [6.07, 6.45) is 8.18. The average Bonchev–Trinajstić information content (AvgIpc) is 3.57. The average molecular weight is 498 g/mol. The largest absolute Gasteiger partial charge is 0.297 e. The Bertz CT molecular complexity index is 1690. The van der Waals surface area contributed by atoms with Gasteiger partial charge in [-0.15, -0.1) is 0 Å². The number of sulfonamides is 1. The number of likely N-dealkylation sites (tertiary alicyclic amines) is 1. The predicted molar refractivity (Wildman–Crippen MR) is 142 cm³/mol. The van der Waals surface area contributed by atoms with E-state index in [0.29, 0.717) is 17.1 Å². The van der Waals surface area contributed by atoms with Gasteiger partial charge in [0.15, 0.2) is 5.65 Å². The van der Waals surface area contributed by atoms with Crippen molar-refractivity contribution in [3.05, 3.63) is 84.8 Å². The van der Waals surface area contributed by atoms with Crippen LogP contribution in [0.3, 0.4) is 0 Å². The van der Waals surface area contributed by atoms with Crippen molar-refractivity contribution in [3.8, 4) is 22.3 Å². The van der Waals surface area contributed by atoms with Gasteiger partial charge in [-0.25, -0.2) is 23.1 Å². The van der Waals surface area contributed by atoms with E-state index < -0.39 is 10.0 Å². The van der Waals surface area contributed by atoms with Gasteiger partial charge < -0.3 is 0 Å². The number of nitrogens with two attached hydrogens (primary N) is 1. The Morgan fingerprint density at radius 2 is 1.58 bits per heavy atom. The quantitative estimate of drug-likeness (QED) is 0.368. The number of aromatic nitrogens is 3. The van der Waals surface area contributed by atoms with Crippen molar-refractivity contribution in [1.82, 2.24) is 19.5 Å². The van der Waals surface area contributed by atoms with Gasteiger partial charge in [-0.05, 0) is 61.0 Å². The maximum atomic E-state index is 12.1. The summed E-state index contributed by atoms with van der Waals surface area (Å²) in [6, 6.07) is 19.8. The second-order valence-electron chi connectivity index (χ2n) is 9.41. The third kappa shape index (κ3) is 3.97. The fourth-order valence-corrected chi connectivity index (χ4v) is 6.00. The summed E-state index contributed by atoms with van der Waals surface area (Å²) in [5.74, 6) is 0. The Labute approximate surface area is 210 Å². The SMILES string of the molecule is CC(c1ccc(-c2cnc3c(-c4ccc(S(N)(=O)=O)c5ccccc45)cnn3c2)cc1)N1CCCC1. The van der Waals surface area contributed by atoms with E-state index in [1.54, 1.807) is 35.0 Å². The van der Waals surface area contributed by atoms with Gasteiger partial charge in [0, 0.05) is 34.9 Å². The molecule has 1 unspecified atom stereocenters. The molecule has 1 aliphatic rings. The van der Waals surface area contributed by atoms with Crippen LogP contribution in [0.1, 0.15) is 31.4 Å². The smallest absolute Gasteiger partial charge is 0.238 e. The van der Waals surface area contributed by atoms with Crippen LogP contribution in [0.2, 0.25) is 0 Å². The molecule has 36 heavy (non-hydrogen) atoms. The van der Waals surface area contributed by atoms with E-state index in [-0.39, 0.29) is 4.90 Å². The van der Waals surface area contributed by atoms with Crippen molar-refractivity contribution in [2.24, 2.45) is 5.14 Å². The van der Waals surface area contributed by atoms with Crippen molar-refractivity contribution in [2.75, 3.05) is 13.1 Å². The van der Waals surface area contributed by atoms with Crippen LogP contribution < -0.4 is 5.14 Å². The standard InChI is InChI=1S/C28H27N5O2S/c1-19(32-14-4-5-15-32)20-8-10-21(11-9-20)22-16-30-28-26(17-31-33(28)18-22)24-12-13-27(36(29,34)35)25-7-3-2-6-23(24)25/h2-3,6-13,16-19H,4-5,14-15H2,1H3,(H2,29,34,35). The Morgan fingerprint density at radius 3 is 2.31 bits per heavy atom. The zero-order valence-electron chi connectivity index (χ0n) is 20.0. The molecule has 0 saturated carbocycles. The van der Waals surface area contributed by atoms with Crippen LogP contribution in [-0.2, 0) is 10.0 Å². The number of hydrogen-bond donors (Lipinski definition) is 1. The highest BCUT2D eigenvalue weighted by molar-refractivity contribution is 7.89. The second kappa shape index (κ2) is 8.81. The molecule has 2 N–H and O–H groups in total. The van der Waals surface area contributed by atoms with Gasteiger partial charge in [0.1, 0.15) is 0 Å². The van der Waals surface area contributed by atoms with Crippen molar-refractivity contribution in [3.63, 3.8) is 0 Å². The van der Waals surface area contributed by atoms with Gasteiger partial charge in [-0.3, -0.25) is 4.90 Å². The van der Waals surface area contributed by atoms with E-state index in [9.17, 15) is 8.42 Å². The zero-order chi connectivity index (χ0) is 24.9. The molecule has 2 aromatic heterocycles. The van der Waals surface area contributed by atoms with Crippen molar-refractivity contribution in [2.45, 2.75) is 30.7 Å². The monoisotopic (exact) mass is 497 g/mol. The molecule has 0 aliphatic carbocycles. The van der Waals surface area contributed by atoms with E-state index in [4.69, 9.17) is 10.1 Å². The van der Waals surface area contributed by atoms with E-state index in [2.05, 4.69) is 41.2 Å². The molecule has 3 aromatic carbocycles. The number of primary sulfonamides is 1. The zero-order valence-corrected chi connectivity index (χ0v) is 20.8. The summed E-state index contributed by atoms with van der Waals surface area (Å²) in [7, 11) is -3.85. The highest BCUT2D eigenvalue weighted by Crippen LogP contribution is 2.34. The number of benzene rings is 3. The molecule has 6 rings (SSSR count). The van der Waals surface area contributed by atoms with E-state index in [0.717, 1.165) is 27.6 Å². The van der Waals surface area contributed by atoms with E-state index in [1.165, 1.54) is 31.5 Å². The summed E-state index contributed by atoms with van der Waals surface area (Å²) >= 11 is 0. The molecular formula is C28H27N5O2S. The molecule has 0 spiro atoms. The molecule has 182 valence electrons. The molecule has 7 nitrogen and oxygen atoms in total. The lowest BCUT2D eigenvalue weighted by Gasteiger charge is -2.24. The third-order valence-electron chi connectivity index (χ3n) is 7.25. The lowest BCUT2D eigenvalue weighted by atomic mass is 10.00. The highest BCUT2D eigenvalue weighted by atomic mass is 32.2. The van der Waals surface area contributed by atoms with Gasteiger partial charge in [-0.1, -0.05) is 54.6 Å². The number of rotatable bonds is 5. The van der Waals surface area contributed by atoms with Crippen LogP contribution in [0, 0.1) is 0 Å². The molecule has 3 heterocycles. The third-order valence-corrected chi connectivity index (χ3v) is 8.22. The molecule has 1 atom stereocenters. The second-order valence-corrected chi connectivity index (χ2v) is 10.9. The van der Waals surface area contributed by atoms with Crippen molar-refractivity contribution < 1.29 is 8.42 Å². The lowest BCUT2D eigenvalue weighted by Crippen LogP contribution is -2.23. The molecule has 0 radical (unpaired) electrons. The number of nitrogens with zero attached hydrogens (tertiary/aromatic N) is 4. The van der Waals surface area contributed by atoms with E-state index in [1.807, 2.05) is 24.5 Å². The number of fused-ring (bicyclic) bond motifs is 2. The normalized spacial score (nSPS) is 15.6. The summed E-state index contributed by atoms with van der Waals surface area (Å²) in [4.78, 5) is 7.38. The Hall–Kier alpha value is -3.59. The lowest BCUT2D eigenvalue weighted by molar-refractivity contribution is 0.263. The first kappa shape index (κ1) is 22.8. The van der Waals surface area contributed by atoms with Gasteiger partial charge >= 0.3 is 0 Å². The van der Waals surface area contributed by atoms with Gasteiger partial charge in [0.2, 0.25) is 10.0 Å². The van der Waals surface area contributed by atoms with Crippen LogP contribution in [0.25, 0.3) is 38.7 Å². The minimum Gasteiger partial charge on any atom is -0.297 e. The van der Waals surface area contributed by atoms with Crippen LogP contribution in [0.5, 0.6) is 0 Å². The molecule has 0 bridgehead atoms. The summed E-state index contributed by atoms with van der Waals surface area (Å²) in [5, 5.41) is 11.4. The molecule has 1 aliphatic heterocycles. The summed E-state index contributed by atoms with van der Waals surface area (Å²) in [5.41, 5.74) is 5.77. The minimum atomic E-state index is -3.85. The molecule has 5 aromatic rings. The minimum absolute atomic E-state index is 0.107. The Balaban J connectivity index is 1.36. The fourth-order valence-electron chi connectivity index (χ4n) is 5.26. The maximum Gasteiger partial charge on any atom is 0.238 e. The van der Waals surface area contributed by atoms with Crippen molar-refractivity contribution in [1.29, 1.82) is 0 Å². The molecule has 8 heteroatoms. The fraction of sp³-hybridized carbons (Fsp3) is 0.214. The summed E-state index contributed by atoms with van der Waals surface area (Å²) < 4.78 is 26.0. The first-order chi connectivity index (χ1) is 17.4. The van der Waals surface area contributed by atoms with Crippen LogP contribution >= 0.6 is 0 Å². The van der Waals surface area contributed by atoms with Crippen LogP contribution in [-0.4, -0.2) is 41.0 Å². The molecule has 0 amide bonds. The summed E-state index contributed by atoms with van der Waals surface area (Å²) in [6.45, 7) is 4.62. The van der Waals surface area contributed by atoms with E-state index >= 15 is 0 Å². The molecular weight excluding hydrogens is 470 g/mol. The molecule has 1 saturated heterocycles. The topological polar surface area (TPSA) is 93.6 Å². The van der Waals surface area contributed by atoms with Gasteiger partial charge in [0.05, 0.1) is 11.1 Å². The first-order valence-electron chi connectivity index (χ1n) is 12.1. The Morgan fingerprint density at radius 1 is 0.861 bits per heavy atom. The van der Waals surface area contributed by atoms with Gasteiger partial charge in [-0.2, -0.15) is 5.10 Å². The maximum absolute atomic E-state index is 12.1. The first-order valence-corrected chi connectivity index (χ1v) is 13.7. The predicted octanol–water partition coefficient (Wildman–Crippen LogP) is 5.02. The van der Waals surface area contributed by atoms with Gasteiger partial charge in [0.25, 0.3) is 0 Å². The Kier molecular flexibility index (Phi) is 5.59. The van der Waals surface area contributed by atoms with Crippen molar-refractivity contribution >= 4 is 26.4 Å².